The number of ether oxygens (including phenoxy) is 1. The fraction of sp³-hybridized carbons (Fsp3) is 0.286. The summed E-state index contributed by atoms with van der Waals surface area (Å²) in [4.78, 5) is 39.4. The third kappa shape index (κ3) is 4.53. The standard InChI is InChI=1S/C21H22N2O4/c1-27-18-9-7-17(8-10-18)12-14-23-20(25)15-19(24)22(21(23)26)13-11-16-5-3-2-4-6-16/h2-10H,11-15H2,1H3. The first kappa shape index (κ1) is 18.6. The summed E-state index contributed by atoms with van der Waals surface area (Å²) in [7, 11) is 1.60. The average Bonchev–Trinajstić information content (AvgIpc) is 2.68. The summed E-state index contributed by atoms with van der Waals surface area (Å²) in [5.74, 6) is -0.113. The number of carbonyl (C=O) groups is 3. The number of barbiturate groups is 1. The Hall–Kier alpha value is -3.15. The fourth-order valence-electron chi connectivity index (χ4n) is 3.04. The van der Waals surface area contributed by atoms with Crippen molar-refractivity contribution in [2.75, 3.05) is 20.2 Å². The summed E-state index contributed by atoms with van der Waals surface area (Å²) in [5.41, 5.74) is 2.03. The molecule has 1 aliphatic rings. The topological polar surface area (TPSA) is 66.9 Å². The first-order chi connectivity index (χ1) is 13.1. The molecule has 6 nitrogen and oxygen atoms in total. The van der Waals surface area contributed by atoms with Gasteiger partial charge in [-0.2, -0.15) is 0 Å². The van der Waals surface area contributed by atoms with Gasteiger partial charge in [0.1, 0.15) is 12.2 Å². The Kier molecular flexibility index (Phi) is 5.86. The second kappa shape index (κ2) is 8.49. The number of methoxy groups -OCH3 is 1. The lowest BCUT2D eigenvalue weighted by Gasteiger charge is -2.32. The Morgan fingerprint density at radius 3 is 1.81 bits per heavy atom. The summed E-state index contributed by atoms with van der Waals surface area (Å²) >= 11 is 0. The largest absolute Gasteiger partial charge is 0.497 e. The summed E-state index contributed by atoms with van der Waals surface area (Å²) in [6.07, 6.45) is 0.837. The summed E-state index contributed by atoms with van der Waals surface area (Å²) < 4.78 is 5.12. The third-order valence-corrected chi connectivity index (χ3v) is 4.62. The molecule has 0 saturated carbocycles. The third-order valence-electron chi connectivity index (χ3n) is 4.62. The highest BCUT2D eigenvalue weighted by Gasteiger charge is 2.37. The van der Waals surface area contributed by atoms with E-state index in [4.69, 9.17) is 4.74 Å². The van der Waals surface area contributed by atoms with Crippen LogP contribution in [0.15, 0.2) is 54.6 Å². The van der Waals surface area contributed by atoms with Crippen LogP contribution >= 0.6 is 0 Å². The summed E-state index contributed by atoms with van der Waals surface area (Å²) in [6, 6.07) is 16.6. The van der Waals surface area contributed by atoms with Gasteiger partial charge in [0.15, 0.2) is 0 Å². The maximum Gasteiger partial charge on any atom is 0.333 e. The lowest BCUT2D eigenvalue weighted by Crippen LogP contribution is -2.55. The molecule has 0 N–H and O–H groups in total. The van der Waals surface area contributed by atoms with Crippen LogP contribution in [0.25, 0.3) is 0 Å². The van der Waals surface area contributed by atoms with Gasteiger partial charge in [0.05, 0.1) is 7.11 Å². The highest BCUT2D eigenvalue weighted by molar-refractivity contribution is 6.14. The second-order valence-corrected chi connectivity index (χ2v) is 6.38. The number of imide groups is 2. The van der Waals surface area contributed by atoms with Crippen LogP contribution in [0, 0.1) is 0 Å². The maximum atomic E-state index is 12.7. The monoisotopic (exact) mass is 366 g/mol. The maximum absolute atomic E-state index is 12.7. The molecule has 140 valence electrons. The van der Waals surface area contributed by atoms with Crippen LogP contribution in [0.4, 0.5) is 4.79 Å². The van der Waals surface area contributed by atoms with Crippen molar-refractivity contribution < 1.29 is 19.1 Å². The minimum Gasteiger partial charge on any atom is -0.497 e. The minimum atomic E-state index is -0.527. The molecule has 4 amide bonds. The van der Waals surface area contributed by atoms with Gasteiger partial charge in [-0.1, -0.05) is 42.5 Å². The van der Waals surface area contributed by atoms with Crippen molar-refractivity contribution in [1.82, 2.24) is 9.80 Å². The van der Waals surface area contributed by atoms with Crippen molar-refractivity contribution >= 4 is 17.8 Å². The zero-order valence-corrected chi connectivity index (χ0v) is 15.3. The fourth-order valence-corrected chi connectivity index (χ4v) is 3.04. The van der Waals surface area contributed by atoms with Crippen LogP contribution in [-0.2, 0) is 22.4 Å². The predicted molar refractivity (Wildman–Crippen MR) is 100 cm³/mol. The van der Waals surface area contributed by atoms with Gasteiger partial charge in [-0.25, -0.2) is 4.79 Å². The molecule has 0 aliphatic carbocycles. The van der Waals surface area contributed by atoms with Crippen molar-refractivity contribution in [1.29, 1.82) is 0 Å². The van der Waals surface area contributed by atoms with Gasteiger partial charge < -0.3 is 4.74 Å². The number of benzene rings is 2. The highest BCUT2D eigenvalue weighted by atomic mass is 16.5. The molecule has 0 spiro atoms. The summed E-state index contributed by atoms with van der Waals surface area (Å²) in [6.45, 7) is 0.521. The van der Waals surface area contributed by atoms with Crippen molar-refractivity contribution in [2.24, 2.45) is 0 Å². The number of hydrogen-bond acceptors (Lipinski definition) is 4. The van der Waals surface area contributed by atoms with Gasteiger partial charge in [0.2, 0.25) is 11.8 Å². The van der Waals surface area contributed by atoms with Gasteiger partial charge >= 0.3 is 6.03 Å². The van der Waals surface area contributed by atoms with E-state index in [1.54, 1.807) is 7.11 Å². The van der Waals surface area contributed by atoms with Crippen LogP contribution in [0.1, 0.15) is 17.5 Å². The zero-order chi connectivity index (χ0) is 19.2. The molecule has 3 rings (SSSR count). The number of nitrogens with zero attached hydrogens (tertiary/aromatic N) is 2. The van der Waals surface area contributed by atoms with Crippen LogP contribution in [-0.4, -0.2) is 47.8 Å². The normalized spacial score (nSPS) is 14.6. The minimum absolute atomic E-state index is 0.249. The molecule has 2 aromatic carbocycles. The molecule has 1 fully saturated rings. The molecular formula is C21H22N2O4. The molecule has 6 heteroatoms. The second-order valence-electron chi connectivity index (χ2n) is 6.38. The number of amides is 4. The molecule has 1 aliphatic heterocycles. The van der Waals surface area contributed by atoms with Crippen molar-refractivity contribution in [3.63, 3.8) is 0 Å². The van der Waals surface area contributed by atoms with Crippen molar-refractivity contribution in [3.8, 4) is 5.75 Å². The van der Waals surface area contributed by atoms with E-state index in [-0.39, 0.29) is 19.5 Å². The zero-order valence-electron chi connectivity index (χ0n) is 15.3. The van der Waals surface area contributed by atoms with Crippen LogP contribution < -0.4 is 4.74 Å². The van der Waals surface area contributed by atoms with Crippen molar-refractivity contribution in [3.05, 3.63) is 65.7 Å². The summed E-state index contributed by atoms with van der Waals surface area (Å²) in [5, 5.41) is 0. The molecule has 0 bridgehead atoms. The van der Waals surface area contributed by atoms with Gasteiger partial charge in [0.25, 0.3) is 0 Å². The lowest BCUT2D eigenvalue weighted by atomic mass is 10.1. The van der Waals surface area contributed by atoms with E-state index in [2.05, 4.69) is 0 Å². The van der Waals surface area contributed by atoms with E-state index >= 15 is 0 Å². The smallest absolute Gasteiger partial charge is 0.333 e. The number of urea groups is 1. The van der Waals surface area contributed by atoms with Gasteiger partial charge in [-0.3, -0.25) is 19.4 Å². The molecule has 0 radical (unpaired) electrons. The number of rotatable bonds is 7. The highest BCUT2D eigenvalue weighted by Crippen LogP contribution is 2.16. The van der Waals surface area contributed by atoms with Gasteiger partial charge in [-0.05, 0) is 36.1 Å². The molecule has 1 saturated heterocycles. The molecule has 27 heavy (non-hydrogen) atoms. The Morgan fingerprint density at radius 2 is 1.30 bits per heavy atom. The van der Waals surface area contributed by atoms with Gasteiger partial charge in [0, 0.05) is 13.1 Å². The molecular weight excluding hydrogens is 344 g/mol. The van der Waals surface area contributed by atoms with Crippen LogP contribution in [0.2, 0.25) is 0 Å². The van der Waals surface area contributed by atoms with E-state index in [9.17, 15) is 14.4 Å². The van der Waals surface area contributed by atoms with E-state index < -0.39 is 17.8 Å². The SMILES string of the molecule is COc1ccc(CCN2C(=O)CC(=O)N(CCc3ccccc3)C2=O)cc1. The lowest BCUT2D eigenvalue weighted by molar-refractivity contribution is -0.142. The first-order valence-corrected chi connectivity index (χ1v) is 8.90. The molecule has 0 atom stereocenters. The quantitative estimate of drug-likeness (QED) is 0.707. The number of carbonyl (C=O) groups excluding carboxylic acids is 3. The Bertz CT molecular complexity index is 818. The first-order valence-electron chi connectivity index (χ1n) is 8.90. The van der Waals surface area contributed by atoms with E-state index in [1.807, 2.05) is 54.6 Å². The Morgan fingerprint density at radius 1 is 0.778 bits per heavy atom. The molecule has 0 unspecified atom stereocenters. The number of hydrogen-bond donors (Lipinski definition) is 0. The van der Waals surface area contributed by atoms with Crippen molar-refractivity contribution in [2.45, 2.75) is 19.3 Å². The van der Waals surface area contributed by atoms with Crippen LogP contribution in [0.5, 0.6) is 5.75 Å². The van der Waals surface area contributed by atoms with Gasteiger partial charge in [-0.15, -0.1) is 0 Å². The Labute approximate surface area is 158 Å². The molecule has 1 heterocycles. The molecule has 0 aromatic heterocycles. The Balaban J connectivity index is 1.62. The van der Waals surface area contributed by atoms with E-state index in [0.717, 1.165) is 16.9 Å². The average molecular weight is 366 g/mol. The molecule has 2 aromatic rings. The predicted octanol–water partition coefficient (Wildman–Crippen LogP) is 2.66. The van der Waals surface area contributed by atoms with E-state index in [0.29, 0.717) is 12.8 Å². The van der Waals surface area contributed by atoms with E-state index in [1.165, 1.54) is 9.80 Å². The van der Waals surface area contributed by atoms with Crippen LogP contribution in [0.3, 0.4) is 0 Å².